The summed E-state index contributed by atoms with van der Waals surface area (Å²) in [7, 11) is 12.1. The molecule has 1 fully saturated rings. The summed E-state index contributed by atoms with van der Waals surface area (Å²) < 4.78 is 12.4. The van der Waals surface area contributed by atoms with Crippen molar-refractivity contribution >= 4 is 57.7 Å². The number of phenolic OH excluding ortho intramolecular Hbond substituents is 1. The van der Waals surface area contributed by atoms with Gasteiger partial charge in [0.2, 0.25) is 17.2 Å². The van der Waals surface area contributed by atoms with Crippen LogP contribution in [0.4, 0.5) is 17.1 Å². The highest BCUT2D eigenvalue weighted by molar-refractivity contribution is 6.35. The Bertz CT molecular complexity index is 3040. The number of nitrogens with two attached hydrogens (primary N) is 2. The van der Waals surface area contributed by atoms with E-state index in [2.05, 4.69) is 0 Å². The lowest BCUT2D eigenvalue weighted by atomic mass is 9.61. The van der Waals surface area contributed by atoms with E-state index in [0.29, 0.717) is 54.6 Å². The second-order valence-electron chi connectivity index (χ2n) is 20.1. The van der Waals surface area contributed by atoms with Crippen molar-refractivity contribution in [3.63, 3.8) is 0 Å². The molecule has 0 saturated heterocycles. The van der Waals surface area contributed by atoms with E-state index in [1.807, 2.05) is 43.9 Å². The van der Waals surface area contributed by atoms with Crippen LogP contribution in [0.2, 0.25) is 0 Å². The number of carbonyl (C=O) groups is 5. The third-order valence-corrected chi connectivity index (χ3v) is 14.8. The summed E-state index contributed by atoms with van der Waals surface area (Å²) in [5.41, 5.74) is 10.8. The van der Waals surface area contributed by atoms with Gasteiger partial charge in [-0.1, -0.05) is 13.3 Å². The van der Waals surface area contributed by atoms with Gasteiger partial charge in [-0.2, -0.15) is 0 Å². The number of ketones is 3. The van der Waals surface area contributed by atoms with Crippen molar-refractivity contribution in [3.05, 3.63) is 97.0 Å². The second-order valence-corrected chi connectivity index (χ2v) is 20.1. The number of nitrogens with zero attached hydrogens (tertiary/aromatic N) is 4. The average molecular weight is 1010 g/mol. The lowest BCUT2D eigenvalue weighted by Gasteiger charge is -2.44. The first-order valence-corrected chi connectivity index (χ1v) is 24.4. The molecule has 0 aromatic heterocycles. The molecule has 3 unspecified atom stereocenters. The largest absolute Gasteiger partial charge is 0.507 e. The van der Waals surface area contributed by atoms with E-state index in [1.54, 1.807) is 31.1 Å². The highest BCUT2D eigenvalue weighted by Gasteiger charge is 2.61. The van der Waals surface area contributed by atoms with Crippen LogP contribution >= 0.6 is 0 Å². The van der Waals surface area contributed by atoms with Crippen LogP contribution in [-0.2, 0) is 33.6 Å². The number of ether oxygens (including phenoxy) is 2. The Morgan fingerprint density at radius 3 is 1.89 bits per heavy atom. The number of aromatic hydroxyl groups is 2. The van der Waals surface area contributed by atoms with Crippen LogP contribution in [-0.4, -0.2) is 139 Å². The Balaban J connectivity index is 1.00. The lowest BCUT2D eigenvalue weighted by Crippen LogP contribution is -2.58. The molecule has 2 amide bonds. The van der Waals surface area contributed by atoms with Crippen LogP contribution in [0.3, 0.4) is 0 Å². The molecule has 73 heavy (non-hydrogen) atoms. The maximum absolute atomic E-state index is 14.4. The van der Waals surface area contributed by atoms with Gasteiger partial charge in [-0.3, -0.25) is 24.0 Å². The van der Waals surface area contributed by atoms with Crippen molar-refractivity contribution in [2.24, 2.45) is 23.3 Å². The Labute approximate surface area is 422 Å². The Morgan fingerprint density at radius 2 is 1.27 bits per heavy atom. The molecule has 5 aliphatic carbocycles. The number of likely N-dealkylation sites (N-methyl/N-ethyl adjacent to an activating group) is 1. The molecule has 0 aliphatic heterocycles. The van der Waals surface area contributed by atoms with E-state index < -0.39 is 75.2 Å². The summed E-state index contributed by atoms with van der Waals surface area (Å²) in [4.78, 5) is 74.9. The number of hydrogen-bond donors (Lipinski definition) is 8. The molecule has 10 N–H and O–H groups in total. The first-order chi connectivity index (χ1) is 34.5. The van der Waals surface area contributed by atoms with Crippen LogP contribution in [0.5, 0.6) is 23.0 Å². The fraction of sp³-hybridized carbons (Fsp3) is 0.426. The highest BCUT2D eigenvalue weighted by Crippen LogP contribution is 2.55. The molecular formula is C54H64N6O13. The van der Waals surface area contributed by atoms with Gasteiger partial charge in [0.05, 0.1) is 41.3 Å². The number of hydrogen-bond acceptors (Lipinski definition) is 17. The van der Waals surface area contributed by atoms with E-state index in [1.165, 1.54) is 25.1 Å². The van der Waals surface area contributed by atoms with E-state index >= 15 is 0 Å². The van der Waals surface area contributed by atoms with Crippen molar-refractivity contribution in [1.29, 1.82) is 0 Å². The van der Waals surface area contributed by atoms with Crippen LogP contribution in [0, 0.1) is 11.8 Å². The SMILES string of the molecule is CCCCOc1c(C(N)=O)c(O)c2c(c1N(C)C)CC1Cc3c(N(C)CCCCCOc4ccc(N(C)C)c5c4C(O)=C4C(=O)C6(O)C(=O)C(C(N)=O)=C(O)C(N(C)C)=C6CC4C5)ccc(O)c3C(O)=C1C2=O. The zero-order chi connectivity index (χ0) is 53.3. The van der Waals surface area contributed by atoms with Gasteiger partial charge in [0.25, 0.3) is 11.8 Å². The smallest absolute Gasteiger partial charge is 0.256 e. The van der Waals surface area contributed by atoms with Gasteiger partial charge in [-0.25, -0.2) is 0 Å². The molecule has 3 aromatic carbocycles. The number of allylic oxidation sites excluding steroid dienone is 1. The van der Waals surface area contributed by atoms with Crippen LogP contribution in [0.1, 0.15) is 94.0 Å². The fourth-order valence-corrected chi connectivity index (χ4v) is 11.5. The quantitative estimate of drug-likeness (QED) is 0.0506. The average Bonchev–Trinajstić information content (AvgIpc) is 3.30. The molecule has 5 aliphatic rings. The number of carbonyl (C=O) groups excluding carboxylic acids is 5. The van der Waals surface area contributed by atoms with Crippen molar-refractivity contribution in [2.45, 2.75) is 70.3 Å². The second kappa shape index (κ2) is 19.4. The number of benzene rings is 3. The predicted molar refractivity (Wildman–Crippen MR) is 274 cm³/mol. The zero-order valence-corrected chi connectivity index (χ0v) is 42.4. The first-order valence-electron chi connectivity index (χ1n) is 24.4. The minimum absolute atomic E-state index is 0.0244. The predicted octanol–water partition coefficient (Wildman–Crippen LogP) is 4.91. The van der Waals surface area contributed by atoms with Gasteiger partial charge >= 0.3 is 0 Å². The standard InChI is InChI=1S/C54H64N6O13/c1-9-10-19-73-49-40(52(55)69)47(65)39-29(42(49)58(4)5)23-25-21-28-32(14-16-33(61)37(28)44(62)35(25)45(39)63)60(8)18-12-11-13-20-72-34-17-15-31(57(2)3)27-22-26-24-30-43(59(6)7)48(66)41(53(56)70)51(68)54(30,71)50(67)36(26)46(64)38(27)34/h14-17,25-26,61-62,64-66,71H,9-13,18-24H2,1-8H3,(H2,55,69)(H2,56,70). The molecule has 388 valence electrons. The fourth-order valence-electron chi connectivity index (χ4n) is 11.5. The van der Waals surface area contributed by atoms with E-state index in [9.17, 15) is 54.6 Å². The molecular weight excluding hydrogens is 941 g/mol. The molecule has 0 bridgehead atoms. The number of primary amides is 2. The van der Waals surface area contributed by atoms with Crippen molar-refractivity contribution in [1.82, 2.24) is 4.90 Å². The van der Waals surface area contributed by atoms with E-state index in [0.717, 1.165) is 17.8 Å². The van der Waals surface area contributed by atoms with Crippen molar-refractivity contribution in [3.8, 4) is 23.0 Å². The highest BCUT2D eigenvalue weighted by atomic mass is 16.5. The van der Waals surface area contributed by atoms with E-state index in [-0.39, 0.29) is 101 Å². The van der Waals surface area contributed by atoms with Gasteiger partial charge in [-0.05, 0) is 104 Å². The molecule has 8 rings (SSSR count). The summed E-state index contributed by atoms with van der Waals surface area (Å²) in [6, 6.07) is 6.78. The molecule has 1 saturated carbocycles. The minimum Gasteiger partial charge on any atom is -0.507 e. The number of fused-ring (bicyclic) bond motifs is 6. The zero-order valence-electron chi connectivity index (χ0n) is 42.4. The molecule has 3 aromatic rings. The van der Waals surface area contributed by atoms with Crippen LogP contribution in [0.25, 0.3) is 11.5 Å². The summed E-state index contributed by atoms with van der Waals surface area (Å²) >= 11 is 0. The summed E-state index contributed by atoms with van der Waals surface area (Å²) in [6.45, 7) is 3.00. The van der Waals surface area contributed by atoms with E-state index in [4.69, 9.17) is 20.9 Å². The summed E-state index contributed by atoms with van der Waals surface area (Å²) in [5, 5.41) is 69.7. The number of anilines is 3. The monoisotopic (exact) mass is 1000 g/mol. The van der Waals surface area contributed by atoms with Crippen LogP contribution in [0.15, 0.2) is 58.0 Å². The maximum atomic E-state index is 14.4. The van der Waals surface area contributed by atoms with Crippen molar-refractivity contribution < 1.29 is 64.1 Å². The molecule has 0 heterocycles. The number of amides is 2. The Morgan fingerprint density at radius 1 is 0.658 bits per heavy atom. The van der Waals surface area contributed by atoms with Gasteiger partial charge in [0, 0.05) is 84.0 Å². The van der Waals surface area contributed by atoms with Gasteiger partial charge < -0.3 is 71.2 Å². The number of unbranched alkanes of at least 4 members (excludes halogenated alkanes) is 3. The number of phenols is 2. The summed E-state index contributed by atoms with van der Waals surface area (Å²) in [5.74, 6) is -8.73. The Kier molecular flexibility index (Phi) is 13.7. The molecule has 19 heteroatoms. The third kappa shape index (κ3) is 8.22. The normalized spacial score (nSPS) is 19.9. The van der Waals surface area contributed by atoms with Gasteiger partial charge in [0.1, 0.15) is 39.9 Å². The number of aliphatic hydroxyl groups is 4. The van der Waals surface area contributed by atoms with Crippen molar-refractivity contribution in [2.75, 3.05) is 83.8 Å². The summed E-state index contributed by atoms with van der Waals surface area (Å²) in [6.07, 6.45) is 4.02. The third-order valence-electron chi connectivity index (χ3n) is 14.8. The first kappa shape index (κ1) is 51.7. The molecule has 3 atom stereocenters. The van der Waals surface area contributed by atoms with Gasteiger partial charge in [-0.15, -0.1) is 0 Å². The number of aliphatic hydroxyl groups excluding tert-OH is 3. The Hall–Kier alpha value is -7.67. The lowest BCUT2D eigenvalue weighted by molar-refractivity contribution is -0.145. The molecule has 0 spiro atoms. The number of rotatable bonds is 17. The molecule has 19 nitrogen and oxygen atoms in total. The topological polar surface area (TPSA) is 290 Å². The molecule has 0 radical (unpaired) electrons. The minimum atomic E-state index is -2.89. The van der Waals surface area contributed by atoms with Gasteiger partial charge in [0.15, 0.2) is 17.3 Å². The van der Waals surface area contributed by atoms with Crippen LogP contribution < -0.4 is 35.6 Å². The number of Topliss-reactive ketones (excluding diaryl/α,β-unsaturated/α-hetero) is 3. The maximum Gasteiger partial charge on any atom is 0.256 e.